The van der Waals surface area contributed by atoms with E-state index in [-0.39, 0.29) is 0 Å². The average Bonchev–Trinajstić information content (AvgIpc) is 2.33. The van der Waals surface area contributed by atoms with E-state index in [2.05, 4.69) is 18.8 Å². The maximum atomic E-state index is 5.05. The number of aromatic nitrogens is 2. The second-order valence-electron chi connectivity index (χ2n) is 2.44. The molecule has 0 aliphatic rings. The zero-order chi connectivity index (χ0) is 7.56. The topological polar surface area (TPSA) is 27.1 Å². The largest absolute Gasteiger partial charge is 0.481 e. The van der Waals surface area contributed by atoms with Gasteiger partial charge in [-0.15, -0.1) is 0 Å². The van der Waals surface area contributed by atoms with Gasteiger partial charge in [-0.3, -0.25) is 4.57 Å². The Balaban J connectivity index is 2.90. The second kappa shape index (κ2) is 2.73. The maximum Gasteiger partial charge on any atom is 0.213 e. The summed E-state index contributed by atoms with van der Waals surface area (Å²) < 4.78 is 7.02. The molecular weight excluding hydrogens is 128 g/mol. The molecule has 0 unspecified atom stereocenters. The number of methoxy groups -OCH3 is 1. The molecule has 10 heavy (non-hydrogen) atoms. The van der Waals surface area contributed by atoms with Crippen LogP contribution in [0.4, 0.5) is 0 Å². The van der Waals surface area contributed by atoms with Gasteiger partial charge in [0.05, 0.1) is 19.6 Å². The van der Waals surface area contributed by atoms with Crippen molar-refractivity contribution in [2.24, 2.45) is 0 Å². The summed E-state index contributed by atoms with van der Waals surface area (Å²) in [5.74, 6) is 0.815. The molecule has 1 heterocycles. The van der Waals surface area contributed by atoms with E-state index < -0.39 is 0 Å². The molecule has 1 rings (SSSR count). The molecule has 0 fully saturated rings. The fourth-order valence-electron chi connectivity index (χ4n) is 0.838. The summed E-state index contributed by atoms with van der Waals surface area (Å²) in [5, 5.41) is 0. The van der Waals surface area contributed by atoms with Crippen LogP contribution in [-0.4, -0.2) is 16.7 Å². The van der Waals surface area contributed by atoms with E-state index in [0.717, 1.165) is 5.88 Å². The quantitative estimate of drug-likeness (QED) is 0.622. The van der Waals surface area contributed by atoms with Crippen LogP contribution in [0.1, 0.15) is 19.9 Å². The minimum absolute atomic E-state index is 0.414. The zero-order valence-electron chi connectivity index (χ0n) is 6.53. The van der Waals surface area contributed by atoms with Gasteiger partial charge in [0.25, 0.3) is 0 Å². The van der Waals surface area contributed by atoms with Crippen molar-refractivity contribution in [3.63, 3.8) is 0 Å². The molecule has 1 aromatic rings. The Bertz CT molecular complexity index is 205. The number of rotatable bonds is 2. The normalized spacial score (nSPS) is 10.4. The summed E-state index contributed by atoms with van der Waals surface area (Å²) in [6.45, 7) is 4.18. The molecule has 3 heteroatoms. The van der Waals surface area contributed by atoms with Crippen molar-refractivity contribution in [3.8, 4) is 5.88 Å². The molecule has 3 nitrogen and oxygen atoms in total. The first-order valence-corrected chi connectivity index (χ1v) is 3.31. The summed E-state index contributed by atoms with van der Waals surface area (Å²) in [4.78, 5) is 3.95. The fourth-order valence-corrected chi connectivity index (χ4v) is 0.838. The van der Waals surface area contributed by atoms with Crippen molar-refractivity contribution in [1.29, 1.82) is 0 Å². The van der Waals surface area contributed by atoms with Crippen LogP contribution < -0.4 is 4.74 Å². The predicted octanol–water partition coefficient (Wildman–Crippen LogP) is 1.47. The van der Waals surface area contributed by atoms with Gasteiger partial charge in [0, 0.05) is 6.04 Å². The molecule has 0 saturated carbocycles. The molecule has 0 atom stereocenters. The Labute approximate surface area is 60.6 Å². The van der Waals surface area contributed by atoms with E-state index in [1.165, 1.54) is 0 Å². The lowest BCUT2D eigenvalue weighted by Crippen LogP contribution is -2.00. The highest BCUT2D eigenvalue weighted by Crippen LogP contribution is 2.14. The number of hydrogen-bond acceptors (Lipinski definition) is 2. The van der Waals surface area contributed by atoms with Gasteiger partial charge in [-0.05, 0) is 13.8 Å². The van der Waals surface area contributed by atoms with Gasteiger partial charge in [-0.25, -0.2) is 4.98 Å². The average molecular weight is 140 g/mol. The molecule has 0 saturated heterocycles. The smallest absolute Gasteiger partial charge is 0.213 e. The number of hydrogen-bond donors (Lipinski definition) is 0. The first kappa shape index (κ1) is 7.12. The monoisotopic (exact) mass is 140 g/mol. The standard InChI is InChI=1S/C7H12N2O/c1-6(2)9-5-8-4-7(9)10-3/h4-6H,1-3H3. The third-order valence-corrected chi connectivity index (χ3v) is 1.40. The highest BCUT2D eigenvalue weighted by atomic mass is 16.5. The lowest BCUT2D eigenvalue weighted by atomic mass is 10.4. The third kappa shape index (κ3) is 1.12. The SMILES string of the molecule is COc1cncn1C(C)C. The summed E-state index contributed by atoms with van der Waals surface area (Å²) in [6, 6.07) is 0.414. The second-order valence-corrected chi connectivity index (χ2v) is 2.44. The number of nitrogens with zero attached hydrogens (tertiary/aromatic N) is 2. The molecule has 1 aromatic heterocycles. The molecular formula is C7H12N2O. The highest BCUT2D eigenvalue weighted by molar-refractivity contribution is 5.06. The summed E-state index contributed by atoms with van der Waals surface area (Å²) >= 11 is 0. The van der Waals surface area contributed by atoms with Gasteiger partial charge in [-0.2, -0.15) is 0 Å². The van der Waals surface area contributed by atoms with Crippen LogP contribution in [0.15, 0.2) is 12.5 Å². The lowest BCUT2D eigenvalue weighted by molar-refractivity contribution is 0.361. The van der Waals surface area contributed by atoms with Gasteiger partial charge in [0.15, 0.2) is 0 Å². The van der Waals surface area contributed by atoms with Crippen LogP contribution in [0.2, 0.25) is 0 Å². The molecule has 0 aliphatic carbocycles. The highest BCUT2D eigenvalue weighted by Gasteiger charge is 2.02. The first-order chi connectivity index (χ1) is 4.75. The van der Waals surface area contributed by atoms with Crippen LogP contribution in [0.5, 0.6) is 5.88 Å². The molecule has 0 spiro atoms. The van der Waals surface area contributed by atoms with E-state index in [1.54, 1.807) is 19.6 Å². The molecule has 0 amide bonds. The van der Waals surface area contributed by atoms with Crippen LogP contribution >= 0.6 is 0 Å². The Hall–Kier alpha value is -0.990. The fraction of sp³-hybridized carbons (Fsp3) is 0.571. The van der Waals surface area contributed by atoms with Crippen molar-refractivity contribution in [1.82, 2.24) is 9.55 Å². The molecule has 0 bridgehead atoms. The molecule has 0 aliphatic heterocycles. The molecule has 0 N–H and O–H groups in total. The summed E-state index contributed by atoms with van der Waals surface area (Å²) in [6.07, 6.45) is 3.48. The predicted molar refractivity (Wildman–Crippen MR) is 39.2 cm³/mol. The Kier molecular flexibility index (Phi) is 1.94. The Morgan fingerprint density at radius 3 is 2.70 bits per heavy atom. The first-order valence-electron chi connectivity index (χ1n) is 3.31. The summed E-state index contributed by atoms with van der Waals surface area (Å²) in [5.41, 5.74) is 0. The lowest BCUT2D eigenvalue weighted by Gasteiger charge is -2.08. The van der Waals surface area contributed by atoms with Gasteiger partial charge < -0.3 is 4.74 Å². The molecule has 56 valence electrons. The van der Waals surface area contributed by atoms with Gasteiger partial charge in [0.2, 0.25) is 5.88 Å². The van der Waals surface area contributed by atoms with Crippen molar-refractivity contribution in [2.45, 2.75) is 19.9 Å². The summed E-state index contributed by atoms with van der Waals surface area (Å²) in [7, 11) is 1.65. The van der Waals surface area contributed by atoms with Crippen LogP contribution in [0.3, 0.4) is 0 Å². The van der Waals surface area contributed by atoms with Crippen LogP contribution in [-0.2, 0) is 0 Å². The Morgan fingerprint density at radius 2 is 2.30 bits per heavy atom. The maximum absolute atomic E-state index is 5.05. The third-order valence-electron chi connectivity index (χ3n) is 1.40. The zero-order valence-corrected chi connectivity index (χ0v) is 6.53. The number of ether oxygens (including phenoxy) is 1. The van der Waals surface area contributed by atoms with Gasteiger partial charge in [-0.1, -0.05) is 0 Å². The van der Waals surface area contributed by atoms with E-state index in [0.29, 0.717) is 6.04 Å². The molecule has 0 radical (unpaired) electrons. The van der Waals surface area contributed by atoms with Crippen LogP contribution in [0, 0.1) is 0 Å². The van der Waals surface area contributed by atoms with Gasteiger partial charge >= 0.3 is 0 Å². The van der Waals surface area contributed by atoms with E-state index in [1.807, 2.05) is 4.57 Å². The van der Waals surface area contributed by atoms with Crippen molar-refractivity contribution < 1.29 is 4.74 Å². The molecule has 0 aromatic carbocycles. The van der Waals surface area contributed by atoms with Crippen molar-refractivity contribution in [2.75, 3.05) is 7.11 Å². The van der Waals surface area contributed by atoms with Crippen molar-refractivity contribution in [3.05, 3.63) is 12.5 Å². The Morgan fingerprint density at radius 1 is 1.60 bits per heavy atom. The van der Waals surface area contributed by atoms with E-state index in [9.17, 15) is 0 Å². The number of imidazole rings is 1. The van der Waals surface area contributed by atoms with E-state index in [4.69, 9.17) is 4.74 Å². The minimum atomic E-state index is 0.414. The van der Waals surface area contributed by atoms with Crippen molar-refractivity contribution >= 4 is 0 Å². The minimum Gasteiger partial charge on any atom is -0.481 e. The van der Waals surface area contributed by atoms with Crippen LogP contribution in [0.25, 0.3) is 0 Å². The van der Waals surface area contributed by atoms with E-state index >= 15 is 0 Å². The van der Waals surface area contributed by atoms with Gasteiger partial charge in [0.1, 0.15) is 0 Å².